The van der Waals surface area contributed by atoms with Crippen LogP contribution in [-0.4, -0.2) is 47.6 Å². The molecule has 2 heterocycles. The second-order valence-electron chi connectivity index (χ2n) is 9.12. The molecule has 180 valence electrons. The van der Waals surface area contributed by atoms with Gasteiger partial charge in [0.15, 0.2) is 17.8 Å². The van der Waals surface area contributed by atoms with Gasteiger partial charge in [-0.1, -0.05) is 20.8 Å². The lowest BCUT2D eigenvalue weighted by Gasteiger charge is -2.21. The van der Waals surface area contributed by atoms with E-state index in [1.54, 1.807) is 30.1 Å². The lowest BCUT2D eigenvalue weighted by molar-refractivity contribution is 0.0953. The van der Waals surface area contributed by atoms with E-state index >= 15 is 0 Å². The Hall–Kier alpha value is -3.20. The Bertz CT molecular complexity index is 1280. The molecule has 3 aromatic rings. The van der Waals surface area contributed by atoms with Crippen LogP contribution in [0.1, 0.15) is 65.1 Å². The van der Waals surface area contributed by atoms with Crippen LogP contribution in [0.2, 0.25) is 0 Å². The number of aromatic nitrogens is 1. The highest BCUT2D eigenvalue weighted by molar-refractivity contribution is 8.93. The number of nitrogens with zero attached hydrogens (tertiary/aromatic N) is 2. The van der Waals surface area contributed by atoms with Gasteiger partial charge in [0.25, 0.3) is 5.91 Å². The molecule has 0 saturated heterocycles. The Balaban J connectivity index is 0.00000324. The van der Waals surface area contributed by atoms with Crippen LogP contribution in [0, 0.1) is 5.41 Å². The maximum absolute atomic E-state index is 13.2. The quantitative estimate of drug-likeness (QED) is 0.456. The van der Waals surface area contributed by atoms with Crippen LogP contribution in [-0.2, 0) is 12.0 Å². The molecule has 1 aliphatic heterocycles. The van der Waals surface area contributed by atoms with Gasteiger partial charge < -0.3 is 19.4 Å². The highest BCUT2D eigenvalue weighted by atomic mass is 79.9. The van der Waals surface area contributed by atoms with Crippen molar-refractivity contribution in [2.75, 3.05) is 20.2 Å². The standard InChI is InChI=1S/C25H28N4O4.BrH/c1-6-32-21-9-15-11-29(23(26)16(15)10-17(21)24(31)27-5)12-20(30)14-7-18(25(2,3)4)22-19(8-14)28-13-33-22;/h7-10,13,26H,6,11-12H2,1-5H3,(H,27,31);1H. The van der Waals surface area contributed by atoms with Gasteiger partial charge in [-0.25, -0.2) is 4.98 Å². The summed E-state index contributed by atoms with van der Waals surface area (Å²) >= 11 is 0. The van der Waals surface area contributed by atoms with E-state index in [-0.39, 0.29) is 46.5 Å². The zero-order valence-corrected chi connectivity index (χ0v) is 21.7. The number of amides is 1. The lowest BCUT2D eigenvalue weighted by Crippen LogP contribution is -2.30. The number of hydrogen-bond donors (Lipinski definition) is 2. The van der Waals surface area contributed by atoms with Crippen LogP contribution >= 0.6 is 17.0 Å². The predicted octanol–water partition coefficient (Wildman–Crippen LogP) is 4.49. The highest BCUT2D eigenvalue weighted by Crippen LogP contribution is 2.33. The van der Waals surface area contributed by atoms with Gasteiger partial charge in [0, 0.05) is 30.3 Å². The van der Waals surface area contributed by atoms with Crippen LogP contribution in [0.25, 0.3) is 11.1 Å². The van der Waals surface area contributed by atoms with E-state index in [4.69, 9.17) is 14.6 Å². The number of halogens is 1. The van der Waals surface area contributed by atoms with Crippen molar-refractivity contribution in [3.8, 4) is 5.75 Å². The Morgan fingerprint density at radius 3 is 2.62 bits per heavy atom. The normalized spacial score (nSPS) is 13.0. The smallest absolute Gasteiger partial charge is 0.254 e. The summed E-state index contributed by atoms with van der Waals surface area (Å²) in [5.41, 5.74) is 4.41. The topological polar surface area (TPSA) is 109 Å². The molecule has 0 radical (unpaired) electrons. The monoisotopic (exact) mass is 528 g/mol. The van der Waals surface area contributed by atoms with E-state index in [0.29, 0.717) is 46.7 Å². The molecular weight excluding hydrogens is 500 g/mol. The molecule has 1 amide bonds. The molecule has 0 atom stereocenters. The molecule has 1 aliphatic rings. The molecule has 0 unspecified atom stereocenters. The van der Waals surface area contributed by atoms with E-state index in [9.17, 15) is 9.59 Å². The van der Waals surface area contributed by atoms with Crippen LogP contribution in [0.4, 0.5) is 0 Å². The number of hydrogen-bond acceptors (Lipinski definition) is 6. The zero-order valence-electron chi connectivity index (χ0n) is 19.9. The first kappa shape index (κ1) is 25.4. The first-order valence-electron chi connectivity index (χ1n) is 10.9. The second kappa shape index (κ2) is 9.58. The van der Waals surface area contributed by atoms with Gasteiger partial charge in [0.05, 0.1) is 18.7 Å². The zero-order chi connectivity index (χ0) is 23.9. The van der Waals surface area contributed by atoms with Gasteiger partial charge in [-0.05, 0) is 42.2 Å². The van der Waals surface area contributed by atoms with Crippen molar-refractivity contribution in [2.24, 2.45) is 0 Å². The predicted molar refractivity (Wildman–Crippen MR) is 136 cm³/mol. The fourth-order valence-electron chi connectivity index (χ4n) is 4.10. The van der Waals surface area contributed by atoms with Crippen molar-refractivity contribution in [3.63, 3.8) is 0 Å². The van der Waals surface area contributed by atoms with E-state index in [1.807, 2.05) is 13.0 Å². The Labute approximate surface area is 209 Å². The largest absolute Gasteiger partial charge is 0.493 e. The fourth-order valence-corrected chi connectivity index (χ4v) is 4.10. The maximum Gasteiger partial charge on any atom is 0.254 e. The third kappa shape index (κ3) is 4.57. The number of carbonyl (C=O) groups is 2. The molecule has 34 heavy (non-hydrogen) atoms. The summed E-state index contributed by atoms with van der Waals surface area (Å²) in [5.74, 6) is 0.298. The number of benzene rings is 2. The average Bonchev–Trinajstić information content (AvgIpc) is 3.36. The van der Waals surface area contributed by atoms with E-state index in [1.165, 1.54) is 6.39 Å². The molecule has 0 bridgehead atoms. The van der Waals surface area contributed by atoms with Crippen molar-refractivity contribution in [1.82, 2.24) is 15.2 Å². The number of ether oxygens (including phenoxy) is 1. The third-order valence-corrected chi connectivity index (χ3v) is 5.81. The maximum atomic E-state index is 13.2. The van der Waals surface area contributed by atoms with Crippen molar-refractivity contribution in [2.45, 2.75) is 39.7 Å². The Kier molecular flexibility index (Phi) is 7.16. The molecule has 0 aliphatic carbocycles. The molecule has 2 N–H and O–H groups in total. The summed E-state index contributed by atoms with van der Waals surface area (Å²) < 4.78 is 11.2. The minimum atomic E-state index is -0.279. The van der Waals surface area contributed by atoms with Crippen LogP contribution in [0.15, 0.2) is 35.1 Å². The van der Waals surface area contributed by atoms with Crippen molar-refractivity contribution < 1.29 is 18.7 Å². The summed E-state index contributed by atoms with van der Waals surface area (Å²) in [7, 11) is 1.55. The summed E-state index contributed by atoms with van der Waals surface area (Å²) in [5, 5.41) is 11.2. The first-order valence-corrected chi connectivity index (χ1v) is 10.9. The SMILES string of the molecule is Br.CCOc1cc2c(cc1C(=O)NC)C(=N)N(CC(=O)c1cc(C(C)(C)C)c3ocnc3c1)C2. The van der Waals surface area contributed by atoms with Gasteiger partial charge in [-0.15, -0.1) is 17.0 Å². The molecular formula is C25H29BrN4O4. The number of amidine groups is 1. The third-order valence-electron chi connectivity index (χ3n) is 5.81. The number of oxazole rings is 1. The molecule has 4 rings (SSSR count). The summed E-state index contributed by atoms with van der Waals surface area (Å²) in [6, 6.07) is 7.06. The molecule has 0 saturated carbocycles. The minimum absolute atomic E-state index is 0. The van der Waals surface area contributed by atoms with Gasteiger partial charge in [-0.2, -0.15) is 0 Å². The van der Waals surface area contributed by atoms with Crippen molar-refractivity contribution in [3.05, 3.63) is 58.5 Å². The number of ketones is 1. The van der Waals surface area contributed by atoms with Gasteiger partial charge in [0.2, 0.25) is 0 Å². The number of rotatable bonds is 6. The fraction of sp³-hybridized carbons (Fsp3) is 0.360. The van der Waals surface area contributed by atoms with E-state index in [0.717, 1.165) is 11.1 Å². The number of Topliss-reactive ketones (excluding diaryl/α,β-unsaturated/α-hetero) is 1. The highest BCUT2D eigenvalue weighted by Gasteiger charge is 2.30. The number of carbonyl (C=O) groups excluding carboxylic acids is 2. The molecule has 1 aromatic heterocycles. The Morgan fingerprint density at radius 2 is 1.97 bits per heavy atom. The molecule has 2 aromatic carbocycles. The molecule has 9 heteroatoms. The number of fused-ring (bicyclic) bond motifs is 2. The molecule has 8 nitrogen and oxygen atoms in total. The Morgan fingerprint density at radius 1 is 1.24 bits per heavy atom. The number of nitrogens with one attached hydrogen (secondary N) is 2. The van der Waals surface area contributed by atoms with Gasteiger partial charge in [0.1, 0.15) is 17.1 Å². The molecule has 0 fully saturated rings. The van der Waals surface area contributed by atoms with Gasteiger partial charge in [-0.3, -0.25) is 15.0 Å². The van der Waals surface area contributed by atoms with Crippen LogP contribution in [0.3, 0.4) is 0 Å². The minimum Gasteiger partial charge on any atom is -0.493 e. The van der Waals surface area contributed by atoms with Crippen molar-refractivity contribution >= 4 is 45.6 Å². The second-order valence-corrected chi connectivity index (χ2v) is 9.12. The summed E-state index contributed by atoms with van der Waals surface area (Å²) in [6.07, 6.45) is 1.39. The first-order chi connectivity index (χ1) is 15.6. The van der Waals surface area contributed by atoms with E-state index in [2.05, 4.69) is 31.1 Å². The lowest BCUT2D eigenvalue weighted by atomic mass is 9.85. The van der Waals surface area contributed by atoms with Gasteiger partial charge >= 0.3 is 0 Å². The average molecular weight is 529 g/mol. The van der Waals surface area contributed by atoms with Crippen LogP contribution in [0.5, 0.6) is 5.75 Å². The van der Waals surface area contributed by atoms with E-state index < -0.39 is 0 Å². The summed E-state index contributed by atoms with van der Waals surface area (Å²) in [6.45, 7) is 8.89. The van der Waals surface area contributed by atoms with Crippen LogP contribution < -0.4 is 10.1 Å². The van der Waals surface area contributed by atoms with Crippen molar-refractivity contribution in [1.29, 1.82) is 5.41 Å². The summed E-state index contributed by atoms with van der Waals surface area (Å²) in [4.78, 5) is 31.5. The molecule has 0 spiro atoms.